The van der Waals surface area contributed by atoms with Crippen LogP contribution in [0.4, 0.5) is 11.6 Å². The van der Waals surface area contributed by atoms with Gasteiger partial charge in [-0.1, -0.05) is 6.92 Å². The molecule has 6 nitrogen and oxygen atoms in total. The van der Waals surface area contributed by atoms with E-state index >= 15 is 0 Å². The summed E-state index contributed by atoms with van der Waals surface area (Å²) in [6.45, 7) is 4.19. The van der Waals surface area contributed by atoms with E-state index in [1.54, 1.807) is 0 Å². The zero-order valence-corrected chi connectivity index (χ0v) is 12.0. The first-order chi connectivity index (χ1) is 9.11. The van der Waals surface area contributed by atoms with Crippen molar-refractivity contribution >= 4 is 21.5 Å². The van der Waals surface area contributed by atoms with Crippen LogP contribution in [0.25, 0.3) is 0 Å². The summed E-state index contributed by atoms with van der Waals surface area (Å²) in [5, 5.41) is 3.21. The van der Waals surface area contributed by atoms with Crippen LogP contribution < -0.4 is 10.2 Å². The third kappa shape index (κ3) is 4.05. The summed E-state index contributed by atoms with van der Waals surface area (Å²) in [7, 11) is -2.89. The fourth-order valence-corrected chi connectivity index (χ4v) is 3.31. The molecule has 0 unspecified atom stereocenters. The summed E-state index contributed by atoms with van der Waals surface area (Å²) in [4.78, 5) is 10.4. The second-order valence-corrected chi connectivity index (χ2v) is 6.98. The van der Waals surface area contributed by atoms with Crippen LogP contribution in [0.5, 0.6) is 0 Å². The third-order valence-corrected chi connectivity index (χ3v) is 4.80. The van der Waals surface area contributed by atoms with Gasteiger partial charge in [0.15, 0.2) is 9.84 Å². The Labute approximate surface area is 114 Å². The van der Waals surface area contributed by atoms with Gasteiger partial charge < -0.3 is 10.2 Å². The van der Waals surface area contributed by atoms with E-state index in [2.05, 4.69) is 22.2 Å². The maximum absolute atomic E-state index is 11.6. The van der Waals surface area contributed by atoms with Gasteiger partial charge in [0, 0.05) is 25.7 Å². The highest BCUT2D eigenvalue weighted by Crippen LogP contribution is 2.16. The van der Waals surface area contributed by atoms with Gasteiger partial charge in [-0.25, -0.2) is 18.4 Å². The molecule has 1 aromatic heterocycles. The molecule has 0 atom stereocenters. The lowest BCUT2D eigenvalue weighted by Crippen LogP contribution is -2.27. The van der Waals surface area contributed by atoms with Crippen LogP contribution in [-0.2, 0) is 9.84 Å². The third-order valence-electron chi connectivity index (χ3n) is 3.09. The smallest absolute Gasteiger partial charge is 0.152 e. The molecular formula is C12H20N4O2S. The molecule has 19 heavy (non-hydrogen) atoms. The van der Waals surface area contributed by atoms with E-state index in [4.69, 9.17) is 0 Å². The Morgan fingerprint density at radius 2 is 2.16 bits per heavy atom. The molecule has 0 saturated carbocycles. The fraction of sp³-hybridized carbons (Fsp3) is 0.667. The summed E-state index contributed by atoms with van der Waals surface area (Å²) in [5.74, 6) is 2.06. The lowest BCUT2D eigenvalue weighted by atomic mass is 10.3. The molecule has 0 amide bonds. The van der Waals surface area contributed by atoms with E-state index in [1.165, 1.54) is 6.33 Å². The van der Waals surface area contributed by atoms with Crippen LogP contribution in [0.2, 0.25) is 0 Å². The van der Waals surface area contributed by atoms with E-state index in [9.17, 15) is 8.42 Å². The highest BCUT2D eigenvalue weighted by Gasteiger charge is 2.20. The zero-order valence-electron chi connectivity index (χ0n) is 11.2. The average molecular weight is 284 g/mol. The molecule has 1 aliphatic rings. The van der Waals surface area contributed by atoms with Gasteiger partial charge in [-0.3, -0.25) is 0 Å². The van der Waals surface area contributed by atoms with Crippen molar-refractivity contribution in [1.82, 2.24) is 9.97 Å². The number of aromatic nitrogens is 2. The Morgan fingerprint density at radius 1 is 1.32 bits per heavy atom. The van der Waals surface area contributed by atoms with Gasteiger partial charge in [-0.2, -0.15) is 0 Å². The van der Waals surface area contributed by atoms with E-state index in [0.717, 1.165) is 31.1 Å². The first kappa shape index (κ1) is 14.0. The SMILES string of the molecule is CCCNc1cc(N2CCCS(=O)(=O)CC2)ncn1. The normalized spacial score (nSPS) is 18.9. The van der Waals surface area contributed by atoms with Gasteiger partial charge in [0.1, 0.15) is 18.0 Å². The lowest BCUT2D eigenvalue weighted by molar-refractivity contribution is 0.597. The Kier molecular flexibility index (Phi) is 4.57. The van der Waals surface area contributed by atoms with E-state index in [-0.39, 0.29) is 11.5 Å². The molecule has 106 valence electrons. The first-order valence-corrected chi connectivity index (χ1v) is 8.44. The fourth-order valence-electron chi connectivity index (χ4n) is 2.04. The van der Waals surface area contributed by atoms with Crippen molar-refractivity contribution in [2.75, 3.05) is 41.4 Å². The van der Waals surface area contributed by atoms with Crippen molar-refractivity contribution in [2.24, 2.45) is 0 Å². The van der Waals surface area contributed by atoms with Gasteiger partial charge in [0.25, 0.3) is 0 Å². The van der Waals surface area contributed by atoms with Gasteiger partial charge in [-0.05, 0) is 12.8 Å². The van der Waals surface area contributed by atoms with Crippen molar-refractivity contribution in [1.29, 1.82) is 0 Å². The number of rotatable bonds is 4. The second kappa shape index (κ2) is 6.18. The molecule has 1 saturated heterocycles. The summed E-state index contributed by atoms with van der Waals surface area (Å²) in [6.07, 6.45) is 3.21. The minimum absolute atomic E-state index is 0.203. The molecule has 0 aromatic carbocycles. The number of hydrogen-bond donors (Lipinski definition) is 1. The van der Waals surface area contributed by atoms with Crippen LogP contribution in [0.3, 0.4) is 0 Å². The molecule has 1 fully saturated rings. The average Bonchev–Trinajstić information content (AvgIpc) is 2.58. The van der Waals surface area contributed by atoms with Crippen LogP contribution in [0.1, 0.15) is 19.8 Å². The monoisotopic (exact) mass is 284 g/mol. The molecule has 0 spiro atoms. The van der Waals surface area contributed by atoms with Crippen LogP contribution >= 0.6 is 0 Å². The zero-order chi connectivity index (χ0) is 13.7. The minimum atomic E-state index is -2.89. The maximum atomic E-state index is 11.6. The van der Waals surface area contributed by atoms with E-state index < -0.39 is 9.84 Å². The molecule has 0 radical (unpaired) electrons. The Bertz CT molecular complexity index is 518. The molecule has 2 heterocycles. The molecule has 0 bridgehead atoms. The lowest BCUT2D eigenvalue weighted by Gasteiger charge is -2.21. The summed E-state index contributed by atoms with van der Waals surface area (Å²) >= 11 is 0. The van der Waals surface area contributed by atoms with Crippen molar-refractivity contribution in [3.05, 3.63) is 12.4 Å². The Morgan fingerprint density at radius 3 is 2.95 bits per heavy atom. The van der Waals surface area contributed by atoms with Crippen molar-refractivity contribution in [3.8, 4) is 0 Å². The minimum Gasteiger partial charge on any atom is -0.370 e. The molecule has 1 aliphatic heterocycles. The van der Waals surface area contributed by atoms with Crippen molar-refractivity contribution in [2.45, 2.75) is 19.8 Å². The van der Waals surface area contributed by atoms with Crippen LogP contribution in [0.15, 0.2) is 12.4 Å². The van der Waals surface area contributed by atoms with Crippen LogP contribution in [-0.4, -0.2) is 49.5 Å². The number of nitrogens with zero attached hydrogens (tertiary/aromatic N) is 3. The molecule has 2 rings (SSSR count). The standard InChI is InChI=1S/C12H20N4O2S/c1-2-4-13-11-9-12(15-10-14-11)16-5-3-7-19(17,18)8-6-16/h9-10H,2-8H2,1H3,(H,13,14,15). The molecule has 0 aliphatic carbocycles. The van der Waals surface area contributed by atoms with Gasteiger partial charge >= 0.3 is 0 Å². The van der Waals surface area contributed by atoms with E-state index in [1.807, 2.05) is 11.0 Å². The number of nitrogens with one attached hydrogen (secondary N) is 1. The summed E-state index contributed by atoms with van der Waals surface area (Å²) in [5.41, 5.74) is 0. The van der Waals surface area contributed by atoms with E-state index in [0.29, 0.717) is 13.0 Å². The van der Waals surface area contributed by atoms with Crippen molar-refractivity contribution in [3.63, 3.8) is 0 Å². The molecule has 1 aromatic rings. The second-order valence-electron chi connectivity index (χ2n) is 4.68. The Balaban J connectivity index is 2.08. The number of anilines is 2. The maximum Gasteiger partial charge on any atom is 0.152 e. The highest BCUT2D eigenvalue weighted by molar-refractivity contribution is 7.91. The topological polar surface area (TPSA) is 75.2 Å². The summed E-state index contributed by atoms with van der Waals surface area (Å²) < 4.78 is 23.2. The number of sulfone groups is 1. The highest BCUT2D eigenvalue weighted by atomic mass is 32.2. The number of hydrogen-bond acceptors (Lipinski definition) is 6. The molecule has 7 heteroatoms. The largest absolute Gasteiger partial charge is 0.370 e. The molecule has 1 N–H and O–H groups in total. The predicted octanol–water partition coefficient (Wildman–Crippen LogP) is 0.923. The predicted molar refractivity (Wildman–Crippen MR) is 76.3 cm³/mol. The Hall–Kier alpha value is -1.37. The van der Waals surface area contributed by atoms with Gasteiger partial charge in [0.2, 0.25) is 0 Å². The summed E-state index contributed by atoms with van der Waals surface area (Å²) in [6, 6.07) is 1.88. The van der Waals surface area contributed by atoms with Gasteiger partial charge in [0.05, 0.1) is 11.5 Å². The first-order valence-electron chi connectivity index (χ1n) is 6.62. The van der Waals surface area contributed by atoms with Crippen LogP contribution in [0, 0.1) is 0 Å². The quantitative estimate of drug-likeness (QED) is 0.886. The van der Waals surface area contributed by atoms with Gasteiger partial charge in [-0.15, -0.1) is 0 Å². The molecular weight excluding hydrogens is 264 g/mol. The van der Waals surface area contributed by atoms with Crippen molar-refractivity contribution < 1.29 is 8.42 Å².